The van der Waals surface area contributed by atoms with E-state index in [1.807, 2.05) is 32.3 Å². The van der Waals surface area contributed by atoms with E-state index in [2.05, 4.69) is 15.2 Å². The lowest BCUT2D eigenvalue weighted by molar-refractivity contribution is 0.451. The van der Waals surface area contributed by atoms with Gasteiger partial charge in [-0.25, -0.2) is 4.98 Å². The molecule has 2 heterocycles. The molecule has 2 aromatic rings. The van der Waals surface area contributed by atoms with E-state index in [9.17, 15) is 0 Å². The predicted octanol–water partition coefficient (Wildman–Crippen LogP) is 2.71. The minimum atomic E-state index is 0.257. The number of hydrogen-bond acceptors (Lipinski definition) is 4. The molecule has 0 unspecified atom stereocenters. The average molecular weight is 255 g/mol. The lowest BCUT2D eigenvalue weighted by Gasteiger charge is -2.07. The summed E-state index contributed by atoms with van der Waals surface area (Å²) in [6, 6.07) is 0. The molecule has 0 saturated heterocycles. The van der Waals surface area contributed by atoms with E-state index in [0.717, 1.165) is 17.3 Å². The van der Waals surface area contributed by atoms with Crippen LogP contribution in [0.25, 0.3) is 0 Å². The summed E-state index contributed by atoms with van der Waals surface area (Å²) in [5.41, 5.74) is 0.898. The van der Waals surface area contributed by atoms with E-state index in [1.165, 1.54) is 0 Å². The molecule has 92 valence electrons. The van der Waals surface area contributed by atoms with Gasteiger partial charge in [0.05, 0.1) is 5.69 Å². The first kappa shape index (κ1) is 12.1. The first-order chi connectivity index (χ1) is 7.99. The van der Waals surface area contributed by atoms with Crippen molar-refractivity contribution in [3.63, 3.8) is 0 Å². The number of nitrogens with zero attached hydrogens (tertiary/aromatic N) is 4. The van der Waals surface area contributed by atoms with Crippen molar-refractivity contribution in [1.82, 2.24) is 19.7 Å². The average Bonchev–Trinajstić information content (AvgIpc) is 2.74. The number of aryl methyl sites for hydroxylation is 2. The zero-order chi connectivity index (χ0) is 12.6. The SMILES string of the molecule is Cc1nc(Cn2c(Cl)nnc2C(C)C)oc1C. The van der Waals surface area contributed by atoms with Crippen LogP contribution < -0.4 is 0 Å². The normalized spacial score (nSPS) is 11.4. The Labute approximate surface area is 105 Å². The third kappa shape index (κ3) is 2.34. The first-order valence-electron chi connectivity index (χ1n) is 5.50. The Morgan fingerprint density at radius 3 is 2.53 bits per heavy atom. The molecule has 0 amide bonds. The molecular formula is C11H15ClN4O. The minimum absolute atomic E-state index is 0.257. The first-order valence-corrected chi connectivity index (χ1v) is 5.88. The van der Waals surface area contributed by atoms with Crippen molar-refractivity contribution < 1.29 is 4.42 Å². The highest BCUT2D eigenvalue weighted by atomic mass is 35.5. The highest BCUT2D eigenvalue weighted by Crippen LogP contribution is 2.19. The number of aromatic nitrogens is 4. The predicted molar refractivity (Wildman–Crippen MR) is 64.2 cm³/mol. The fourth-order valence-electron chi connectivity index (χ4n) is 1.61. The minimum Gasteiger partial charge on any atom is -0.444 e. The Morgan fingerprint density at radius 2 is 2.00 bits per heavy atom. The molecule has 2 aromatic heterocycles. The van der Waals surface area contributed by atoms with Crippen molar-refractivity contribution >= 4 is 11.6 Å². The van der Waals surface area contributed by atoms with Crippen LogP contribution in [-0.2, 0) is 6.54 Å². The van der Waals surface area contributed by atoms with Crippen molar-refractivity contribution in [3.8, 4) is 0 Å². The number of oxazole rings is 1. The lowest BCUT2D eigenvalue weighted by atomic mass is 10.2. The van der Waals surface area contributed by atoms with Gasteiger partial charge < -0.3 is 4.42 Å². The fourth-order valence-corrected chi connectivity index (χ4v) is 1.79. The molecule has 0 saturated carbocycles. The molecule has 0 bridgehead atoms. The van der Waals surface area contributed by atoms with Crippen LogP contribution in [0.15, 0.2) is 4.42 Å². The van der Waals surface area contributed by atoms with E-state index in [4.69, 9.17) is 16.0 Å². The molecule has 0 aliphatic carbocycles. The summed E-state index contributed by atoms with van der Waals surface area (Å²) in [6.45, 7) is 8.36. The van der Waals surface area contributed by atoms with Gasteiger partial charge in [-0.2, -0.15) is 0 Å². The summed E-state index contributed by atoms with van der Waals surface area (Å²) in [7, 11) is 0. The number of hydrogen-bond donors (Lipinski definition) is 0. The van der Waals surface area contributed by atoms with Gasteiger partial charge in [0.1, 0.15) is 18.1 Å². The van der Waals surface area contributed by atoms with Crippen molar-refractivity contribution in [2.24, 2.45) is 0 Å². The van der Waals surface area contributed by atoms with Crippen LogP contribution in [0.3, 0.4) is 0 Å². The Balaban J connectivity index is 2.32. The molecule has 0 N–H and O–H groups in total. The Kier molecular flexibility index (Phi) is 3.19. The van der Waals surface area contributed by atoms with Gasteiger partial charge in [-0.05, 0) is 25.4 Å². The standard InChI is InChI=1S/C11H15ClN4O/c1-6(2)10-14-15-11(12)16(10)5-9-13-7(3)8(4)17-9/h6H,5H2,1-4H3. The second kappa shape index (κ2) is 4.49. The summed E-state index contributed by atoms with van der Waals surface area (Å²) < 4.78 is 7.35. The van der Waals surface area contributed by atoms with Crippen LogP contribution in [0.4, 0.5) is 0 Å². The topological polar surface area (TPSA) is 56.7 Å². The zero-order valence-corrected chi connectivity index (χ0v) is 11.1. The van der Waals surface area contributed by atoms with E-state index in [-0.39, 0.29) is 5.92 Å². The van der Waals surface area contributed by atoms with Crippen LogP contribution in [0, 0.1) is 13.8 Å². The fraction of sp³-hybridized carbons (Fsp3) is 0.545. The van der Waals surface area contributed by atoms with Crippen LogP contribution in [0.1, 0.15) is 42.9 Å². The van der Waals surface area contributed by atoms with Gasteiger partial charge in [-0.15, -0.1) is 10.2 Å². The molecule has 0 aromatic carbocycles. The molecule has 0 fully saturated rings. The second-order valence-corrected chi connectivity index (χ2v) is 4.66. The van der Waals surface area contributed by atoms with Crippen molar-refractivity contribution in [3.05, 3.63) is 28.5 Å². The zero-order valence-electron chi connectivity index (χ0n) is 10.4. The molecule has 0 aliphatic heterocycles. The summed E-state index contributed by atoms with van der Waals surface area (Å²) >= 11 is 6.01. The van der Waals surface area contributed by atoms with Gasteiger partial charge in [0.25, 0.3) is 0 Å². The highest BCUT2D eigenvalue weighted by molar-refractivity contribution is 6.28. The van der Waals surface area contributed by atoms with Gasteiger partial charge in [0, 0.05) is 5.92 Å². The Hall–Kier alpha value is -1.36. The smallest absolute Gasteiger partial charge is 0.225 e. The molecular weight excluding hydrogens is 240 g/mol. The summed E-state index contributed by atoms with van der Waals surface area (Å²) in [5, 5.41) is 8.29. The van der Waals surface area contributed by atoms with Gasteiger partial charge in [0.2, 0.25) is 11.2 Å². The van der Waals surface area contributed by atoms with E-state index < -0.39 is 0 Å². The number of rotatable bonds is 3. The molecule has 0 spiro atoms. The van der Waals surface area contributed by atoms with Crippen molar-refractivity contribution in [2.45, 2.75) is 40.2 Å². The molecule has 2 rings (SSSR count). The van der Waals surface area contributed by atoms with E-state index >= 15 is 0 Å². The van der Waals surface area contributed by atoms with Gasteiger partial charge in [-0.1, -0.05) is 13.8 Å². The van der Waals surface area contributed by atoms with Crippen LogP contribution >= 0.6 is 11.6 Å². The maximum atomic E-state index is 6.01. The van der Waals surface area contributed by atoms with Gasteiger partial charge in [-0.3, -0.25) is 4.57 Å². The van der Waals surface area contributed by atoms with Crippen molar-refractivity contribution in [2.75, 3.05) is 0 Å². The molecule has 0 aliphatic rings. The van der Waals surface area contributed by atoms with Gasteiger partial charge >= 0.3 is 0 Å². The van der Waals surface area contributed by atoms with Gasteiger partial charge in [0.15, 0.2) is 0 Å². The lowest BCUT2D eigenvalue weighted by Crippen LogP contribution is -2.07. The van der Waals surface area contributed by atoms with Crippen LogP contribution in [-0.4, -0.2) is 19.7 Å². The maximum Gasteiger partial charge on any atom is 0.225 e. The quantitative estimate of drug-likeness (QED) is 0.845. The summed E-state index contributed by atoms with van der Waals surface area (Å²) in [6.07, 6.45) is 0. The van der Waals surface area contributed by atoms with E-state index in [1.54, 1.807) is 0 Å². The third-order valence-corrected chi connectivity index (χ3v) is 2.90. The van der Waals surface area contributed by atoms with Crippen LogP contribution in [0.5, 0.6) is 0 Å². The monoisotopic (exact) mass is 254 g/mol. The number of halogens is 1. The second-order valence-electron chi connectivity index (χ2n) is 4.32. The maximum absolute atomic E-state index is 6.01. The molecule has 17 heavy (non-hydrogen) atoms. The Bertz CT molecular complexity index is 510. The molecule has 5 nitrogen and oxygen atoms in total. The third-order valence-electron chi connectivity index (χ3n) is 2.62. The van der Waals surface area contributed by atoms with Crippen molar-refractivity contribution in [1.29, 1.82) is 0 Å². The molecule has 6 heteroatoms. The van der Waals surface area contributed by atoms with E-state index in [0.29, 0.717) is 17.7 Å². The molecule has 0 radical (unpaired) electrons. The Morgan fingerprint density at radius 1 is 1.29 bits per heavy atom. The molecule has 0 atom stereocenters. The summed E-state index contributed by atoms with van der Waals surface area (Å²) in [5.74, 6) is 2.55. The van der Waals surface area contributed by atoms with Crippen LogP contribution in [0.2, 0.25) is 5.28 Å². The highest BCUT2D eigenvalue weighted by Gasteiger charge is 2.16. The summed E-state index contributed by atoms with van der Waals surface area (Å²) in [4.78, 5) is 4.32. The largest absolute Gasteiger partial charge is 0.444 e.